The summed E-state index contributed by atoms with van der Waals surface area (Å²) < 4.78 is 4.99. The SMILES string of the molecule is COCc1csc(CC(C)C)n1. The molecule has 1 aromatic rings. The number of nitrogens with zero attached hydrogens (tertiary/aromatic N) is 1. The zero-order valence-corrected chi connectivity index (χ0v) is 8.65. The molecule has 0 bridgehead atoms. The first-order valence-corrected chi connectivity index (χ1v) is 5.02. The highest BCUT2D eigenvalue weighted by atomic mass is 32.1. The average molecular weight is 185 g/mol. The van der Waals surface area contributed by atoms with E-state index in [1.165, 1.54) is 5.01 Å². The molecule has 0 radical (unpaired) electrons. The minimum atomic E-state index is 0.634. The van der Waals surface area contributed by atoms with E-state index in [4.69, 9.17) is 4.74 Å². The number of rotatable bonds is 4. The van der Waals surface area contributed by atoms with Crippen LogP contribution in [0.3, 0.4) is 0 Å². The van der Waals surface area contributed by atoms with Gasteiger partial charge in [-0.2, -0.15) is 0 Å². The first-order valence-electron chi connectivity index (χ1n) is 4.14. The summed E-state index contributed by atoms with van der Waals surface area (Å²) in [7, 11) is 1.70. The first-order chi connectivity index (χ1) is 5.72. The number of hydrogen-bond acceptors (Lipinski definition) is 3. The van der Waals surface area contributed by atoms with E-state index in [2.05, 4.69) is 24.2 Å². The molecule has 0 aliphatic carbocycles. The van der Waals surface area contributed by atoms with Crippen LogP contribution in [-0.2, 0) is 17.8 Å². The van der Waals surface area contributed by atoms with Crippen LogP contribution in [0.1, 0.15) is 24.5 Å². The Labute approximate surface area is 77.6 Å². The van der Waals surface area contributed by atoms with Gasteiger partial charge in [-0.15, -0.1) is 11.3 Å². The van der Waals surface area contributed by atoms with E-state index in [0.717, 1.165) is 12.1 Å². The third-order valence-electron chi connectivity index (χ3n) is 1.47. The Kier molecular flexibility index (Phi) is 3.69. The van der Waals surface area contributed by atoms with Gasteiger partial charge in [0.15, 0.2) is 0 Å². The quantitative estimate of drug-likeness (QED) is 0.719. The lowest BCUT2D eigenvalue weighted by molar-refractivity contribution is 0.182. The molecule has 0 aromatic carbocycles. The second kappa shape index (κ2) is 4.58. The molecule has 0 saturated carbocycles. The molecule has 0 spiro atoms. The van der Waals surface area contributed by atoms with Crippen molar-refractivity contribution in [2.24, 2.45) is 5.92 Å². The highest BCUT2D eigenvalue weighted by Gasteiger charge is 2.03. The molecular weight excluding hydrogens is 170 g/mol. The van der Waals surface area contributed by atoms with Gasteiger partial charge in [0.05, 0.1) is 17.3 Å². The van der Waals surface area contributed by atoms with Crippen LogP contribution in [0.5, 0.6) is 0 Å². The van der Waals surface area contributed by atoms with Gasteiger partial charge in [-0.25, -0.2) is 4.98 Å². The Bertz CT molecular complexity index is 232. The van der Waals surface area contributed by atoms with Crippen LogP contribution in [0.25, 0.3) is 0 Å². The lowest BCUT2D eigenvalue weighted by Gasteiger charge is -1.98. The van der Waals surface area contributed by atoms with Crippen LogP contribution < -0.4 is 0 Å². The summed E-state index contributed by atoms with van der Waals surface area (Å²) in [6.45, 7) is 5.05. The van der Waals surface area contributed by atoms with E-state index in [0.29, 0.717) is 12.5 Å². The standard InChI is InChI=1S/C9H15NOS/c1-7(2)4-9-10-8(5-11-3)6-12-9/h6-7H,4-5H2,1-3H3. The number of thiazole rings is 1. The summed E-state index contributed by atoms with van der Waals surface area (Å²) in [4.78, 5) is 4.43. The van der Waals surface area contributed by atoms with Crippen LogP contribution in [-0.4, -0.2) is 12.1 Å². The molecule has 0 unspecified atom stereocenters. The first kappa shape index (κ1) is 9.68. The Hall–Kier alpha value is -0.410. The summed E-state index contributed by atoms with van der Waals surface area (Å²) in [6, 6.07) is 0. The van der Waals surface area contributed by atoms with Crippen LogP contribution in [0, 0.1) is 5.92 Å². The summed E-state index contributed by atoms with van der Waals surface area (Å²) >= 11 is 1.73. The molecular formula is C9H15NOS. The highest BCUT2D eigenvalue weighted by molar-refractivity contribution is 7.09. The predicted molar refractivity (Wildman–Crippen MR) is 51.4 cm³/mol. The minimum Gasteiger partial charge on any atom is -0.378 e. The van der Waals surface area contributed by atoms with Crippen molar-refractivity contribution in [2.75, 3.05) is 7.11 Å². The molecule has 0 aliphatic heterocycles. The molecule has 68 valence electrons. The maximum absolute atomic E-state index is 4.99. The van der Waals surface area contributed by atoms with Crippen molar-refractivity contribution in [3.63, 3.8) is 0 Å². The summed E-state index contributed by atoms with van der Waals surface area (Å²) in [5.41, 5.74) is 1.05. The zero-order valence-electron chi connectivity index (χ0n) is 7.83. The van der Waals surface area contributed by atoms with Gasteiger partial charge in [-0.1, -0.05) is 13.8 Å². The second-order valence-corrected chi connectivity index (χ2v) is 4.21. The molecule has 0 atom stereocenters. The number of aromatic nitrogens is 1. The number of methoxy groups -OCH3 is 1. The number of hydrogen-bond donors (Lipinski definition) is 0. The van der Waals surface area contributed by atoms with E-state index in [1.54, 1.807) is 18.4 Å². The molecule has 0 amide bonds. The predicted octanol–water partition coefficient (Wildman–Crippen LogP) is 2.49. The van der Waals surface area contributed by atoms with E-state index in [1.807, 2.05) is 0 Å². The van der Waals surface area contributed by atoms with Gasteiger partial charge in [0.25, 0.3) is 0 Å². The smallest absolute Gasteiger partial charge is 0.0931 e. The lowest BCUT2D eigenvalue weighted by Crippen LogP contribution is -1.94. The van der Waals surface area contributed by atoms with Crippen molar-refractivity contribution in [1.29, 1.82) is 0 Å². The third-order valence-corrected chi connectivity index (χ3v) is 2.39. The van der Waals surface area contributed by atoms with Crippen molar-refractivity contribution in [2.45, 2.75) is 26.9 Å². The molecule has 0 aliphatic rings. The van der Waals surface area contributed by atoms with Crippen molar-refractivity contribution in [3.05, 3.63) is 16.1 Å². The monoisotopic (exact) mass is 185 g/mol. The Morgan fingerprint density at radius 3 is 2.92 bits per heavy atom. The fraction of sp³-hybridized carbons (Fsp3) is 0.667. The molecule has 0 N–H and O–H groups in total. The second-order valence-electron chi connectivity index (χ2n) is 3.26. The molecule has 1 rings (SSSR count). The molecule has 12 heavy (non-hydrogen) atoms. The van der Waals surface area contributed by atoms with Crippen molar-refractivity contribution >= 4 is 11.3 Å². The van der Waals surface area contributed by atoms with E-state index in [9.17, 15) is 0 Å². The van der Waals surface area contributed by atoms with Crippen LogP contribution in [0.15, 0.2) is 5.38 Å². The fourth-order valence-electron chi connectivity index (χ4n) is 1.01. The molecule has 1 heterocycles. The maximum atomic E-state index is 4.99. The molecule has 3 heteroatoms. The maximum Gasteiger partial charge on any atom is 0.0931 e. The van der Waals surface area contributed by atoms with Crippen LogP contribution in [0.2, 0.25) is 0 Å². The summed E-state index contributed by atoms with van der Waals surface area (Å²) in [5, 5.41) is 3.29. The Morgan fingerprint density at radius 1 is 1.58 bits per heavy atom. The molecule has 0 fully saturated rings. The largest absolute Gasteiger partial charge is 0.378 e. The Balaban J connectivity index is 2.52. The summed E-state index contributed by atoms with van der Waals surface area (Å²) in [5.74, 6) is 0.687. The van der Waals surface area contributed by atoms with Crippen molar-refractivity contribution in [3.8, 4) is 0 Å². The zero-order chi connectivity index (χ0) is 8.97. The lowest BCUT2D eigenvalue weighted by atomic mass is 10.1. The molecule has 1 aromatic heterocycles. The van der Waals surface area contributed by atoms with Crippen LogP contribution >= 0.6 is 11.3 Å². The van der Waals surface area contributed by atoms with Gasteiger partial charge in [0, 0.05) is 18.9 Å². The number of ether oxygens (including phenoxy) is 1. The molecule has 2 nitrogen and oxygen atoms in total. The topological polar surface area (TPSA) is 22.1 Å². The van der Waals surface area contributed by atoms with E-state index < -0.39 is 0 Å². The average Bonchev–Trinajstić information content (AvgIpc) is 2.36. The van der Waals surface area contributed by atoms with Gasteiger partial charge in [0.1, 0.15) is 0 Å². The van der Waals surface area contributed by atoms with Gasteiger partial charge in [-0.3, -0.25) is 0 Å². The van der Waals surface area contributed by atoms with Gasteiger partial charge in [-0.05, 0) is 5.92 Å². The molecule has 0 saturated heterocycles. The van der Waals surface area contributed by atoms with Crippen LogP contribution in [0.4, 0.5) is 0 Å². The minimum absolute atomic E-state index is 0.634. The van der Waals surface area contributed by atoms with Gasteiger partial charge in [0.2, 0.25) is 0 Å². The third kappa shape index (κ3) is 2.91. The van der Waals surface area contributed by atoms with Crippen molar-refractivity contribution in [1.82, 2.24) is 4.98 Å². The van der Waals surface area contributed by atoms with Gasteiger partial charge >= 0.3 is 0 Å². The van der Waals surface area contributed by atoms with E-state index in [-0.39, 0.29) is 0 Å². The highest BCUT2D eigenvalue weighted by Crippen LogP contribution is 2.14. The van der Waals surface area contributed by atoms with E-state index >= 15 is 0 Å². The van der Waals surface area contributed by atoms with Crippen molar-refractivity contribution < 1.29 is 4.74 Å². The Morgan fingerprint density at radius 2 is 2.33 bits per heavy atom. The fourth-order valence-corrected chi connectivity index (χ4v) is 2.00. The summed E-state index contributed by atoms with van der Waals surface area (Å²) in [6.07, 6.45) is 1.08. The van der Waals surface area contributed by atoms with Gasteiger partial charge < -0.3 is 4.74 Å². The normalized spacial score (nSPS) is 11.0.